The fourth-order valence-corrected chi connectivity index (χ4v) is 5.72. The van der Waals surface area contributed by atoms with Crippen LogP contribution in [0.5, 0.6) is 0 Å². The second kappa shape index (κ2) is 12.1. The standard InChI is InChI=1S/C29H35N3O4S/c1-6-27(29(34)30-5)31(19-24-10-8-7-9-11-24)28(33)20-32(25-17-22(3)16-23(4)18-25)37(35,36)26-14-12-21(2)13-15-26/h7-18,27H,6,19-20H2,1-5H3,(H,30,34)/t27-/m0/s1. The number of anilines is 1. The Morgan fingerprint density at radius 1 is 0.865 bits per heavy atom. The van der Waals surface area contributed by atoms with Crippen molar-refractivity contribution in [2.45, 2.75) is 51.6 Å². The number of nitrogens with one attached hydrogen (secondary N) is 1. The van der Waals surface area contributed by atoms with Crippen LogP contribution in [0.1, 0.15) is 35.6 Å². The van der Waals surface area contributed by atoms with Crippen LogP contribution < -0.4 is 9.62 Å². The minimum Gasteiger partial charge on any atom is -0.357 e. The lowest BCUT2D eigenvalue weighted by Gasteiger charge is -2.33. The summed E-state index contributed by atoms with van der Waals surface area (Å²) >= 11 is 0. The van der Waals surface area contributed by atoms with E-state index in [9.17, 15) is 18.0 Å². The first kappa shape index (κ1) is 27.9. The van der Waals surface area contributed by atoms with Crippen LogP contribution in [0.25, 0.3) is 0 Å². The summed E-state index contributed by atoms with van der Waals surface area (Å²) < 4.78 is 28.9. The lowest BCUT2D eigenvalue weighted by Crippen LogP contribution is -2.51. The highest BCUT2D eigenvalue weighted by Gasteiger charge is 2.33. The maximum Gasteiger partial charge on any atom is 0.264 e. The van der Waals surface area contributed by atoms with E-state index in [0.29, 0.717) is 12.1 Å². The topological polar surface area (TPSA) is 86.8 Å². The van der Waals surface area contributed by atoms with Crippen LogP contribution in [-0.2, 0) is 26.2 Å². The van der Waals surface area contributed by atoms with Crippen molar-refractivity contribution in [1.29, 1.82) is 0 Å². The third-order valence-corrected chi connectivity index (χ3v) is 8.00. The largest absolute Gasteiger partial charge is 0.357 e. The van der Waals surface area contributed by atoms with Crippen LogP contribution in [0.15, 0.2) is 77.7 Å². The highest BCUT2D eigenvalue weighted by molar-refractivity contribution is 7.92. The zero-order chi connectivity index (χ0) is 27.2. The van der Waals surface area contributed by atoms with Crippen molar-refractivity contribution in [3.05, 3.63) is 95.1 Å². The molecular weight excluding hydrogens is 486 g/mol. The van der Waals surface area contributed by atoms with Gasteiger partial charge >= 0.3 is 0 Å². The summed E-state index contributed by atoms with van der Waals surface area (Å²) in [5.74, 6) is -0.764. The first-order chi connectivity index (χ1) is 17.6. The van der Waals surface area contributed by atoms with Crippen molar-refractivity contribution in [1.82, 2.24) is 10.2 Å². The normalized spacial score (nSPS) is 12.0. The Kier molecular flexibility index (Phi) is 9.10. The summed E-state index contributed by atoms with van der Waals surface area (Å²) in [6, 6.07) is 20.6. The Bertz CT molecular complexity index is 1320. The first-order valence-corrected chi connectivity index (χ1v) is 13.7. The molecule has 0 aliphatic carbocycles. The molecule has 3 aromatic rings. The SMILES string of the molecule is CC[C@@H](C(=O)NC)N(Cc1ccccc1)C(=O)CN(c1cc(C)cc(C)c1)S(=O)(=O)c1ccc(C)cc1. The number of hydrogen-bond donors (Lipinski definition) is 1. The molecular formula is C29H35N3O4S. The van der Waals surface area contributed by atoms with E-state index >= 15 is 0 Å². The van der Waals surface area contributed by atoms with E-state index in [1.54, 1.807) is 36.4 Å². The molecule has 0 heterocycles. The number of sulfonamides is 1. The van der Waals surface area contributed by atoms with Crippen LogP contribution in [0.3, 0.4) is 0 Å². The van der Waals surface area contributed by atoms with E-state index in [1.807, 2.05) is 64.1 Å². The lowest BCUT2D eigenvalue weighted by molar-refractivity contribution is -0.140. The molecule has 1 atom stereocenters. The van der Waals surface area contributed by atoms with Gasteiger partial charge in [0, 0.05) is 13.6 Å². The zero-order valence-electron chi connectivity index (χ0n) is 22.1. The summed E-state index contributed by atoms with van der Waals surface area (Å²) in [7, 11) is -2.55. The quantitative estimate of drug-likeness (QED) is 0.430. The molecule has 0 aromatic heterocycles. The molecule has 0 saturated heterocycles. The van der Waals surface area contributed by atoms with Crippen molar-refractivity contribution >= 4 is 27.5 Å². The van der Waals surface area contributed by atoms with Gasteiger partial charge in [0.1, 0.15) is 12.6 Å². The van der Waals surface area contributed by atoms with E-state index in [0.717, 1.165) is 26.6 Å². The Morgan fingerprint density at radius 2 is 1.46 bits per heavy atom. The summed E-state index contributed by atoms with van der Waals surface area (Å²) in [5, 5.41) is 2.63. The number of aryl methyl sites for hydroxylation is 3. The number of hydrogen-bond acceptors (Lipinski definition) is 4. The fourth-order valence-electron chi connectivity index (χ4n) is 4.33. The Balaban J connectivity index is 2.08. The van der Waals surface area contributed by atoms with Gasteiger partial charge < -0.3 is 10.2 Å². The average molecular weight is 522 g/mol. The van der Waals surface area contributed by atoms with Crippen LogP contribution in [0, 0.1) is 20.8 Å². The average Bonchev–Trinajstić information content (AvgIpc) is 2.87. The third kappa shape index (κ3) is 6.77. The van der Waals surface area contributed by atoms with Crippen LogP contribution in [-0.4, -0.2) is 44.8 Å². The van der Waals surface area contributed by atoms with Gasteiger partial charge in [-0.1, -0.05) is 61.0 Å². The van der Waals surface area contributed by atoms with Gasteiger partial charge in [-0.15, -0.1) is 0 Å². The molecule has 0 radical (unpaired) electrons. The molecule has 2 amide bonds. The van der Waals surface area contributed by atoms with Crippen molar-refractivity contribution in [2.75, 3.05) is 17.9 Å². The van der Waals surface area contributed by atoms with Gasteiger partial charge in [-0.25, -0.2) is 8.42 Å². The van der Waals surface area contributed by atoms with Gasteiger partial charge in [0.2, 0.25) is 11.8 Å². The van der Waals surface area contributed by atoms with Crippen molar-refractivity contribution in [2.24, 2.45) is 0 Å². The number of rotatable bonds is 10. The maximum absolute atomic E-state index is 13.9. The molecule has 1 N–H and O–H groups in total. The van der Waals surface area contributed by atoms with Crippen molar-refractivity contribution in [3.63, 3.8) is 0 Å². The molecule has 0 unspecified atom stereocenters. The van der Waals surface area contributed by atoms with Gasteiger partial charge in [0.25, 0.3) is 10.0 Å². The second-order valence-corrected chi connectivity index (χ2v) is 11.1. The molecule has 0 aliphatic rings. The molecule has 196 valence electrons. The second-order valence-electron chi connectivity index (χ2n) is 9.22. The molecule has 37 heavy (non-hydrogen) atoms. The molecule has 7 nitrogen and oxygen atoms in total. The molecule has 0 spiro atoms. The summed E-state index contributed by atoms with van der Waals surface area (Å²) in [5.41, 5.74) is 3.93. The zero-order valence-corrected chi connectivity index (χ0v) is 22.9. The maximum atomic E-state index is 13.9. The molecule has 0 fully saturated rings. The van der Waals surface area contributed by atoms with Gasteiger partial charge in [-0.2, -0.15) is 0 Å². The molecule has 3 aromatic carbocycles. The van der Waals surface area contributed by atoms with Gasteiger partial charge in [-0.3, -0.25) is 13.9 Å². The summed E-state index contributed by atoms with van der Waals surface area (Å²) in [6.45, 7) is 7.21. The highest BCUT2D eigenvalue weighted by atomic mass is 32.2. The summed E-state index contributed by atoms with van der Waals surface area (Å²) in [6.07, 6.45) is 0.381. The predicted molar refractivity (Wildman–Crippen MR) is 147 cm³/mol. The monoisotopic (exact) mass is 521 g/mol. The first-order valence-electron chi connectivity index (χ1n) is 12.3. The van der Waals surface area contributed by atoms with Gasteiger partial charge in [-0.05, 0) is 68.1 Å². The number of carbonyl (C=O) groups excluding carboxylic acids is 2. The minimum absolute atomic E-state index is 0.0954. The molecule has 0 aliphatic heterocycles. The van der Waals surface area contributed by atoms with Crippen LogP contribution >= 0.6 is 0 Å². The van der Waals surface area contributed by atoms with Crippen molar-refractivity contribution in [3.8, 4) is 0 Å². The van der Waals surface area contributed by atoms with E-state index in [1.165, 1.54) is 11.9 Å². The number of benzene rings is 3. The van der Waals surface area contributed by atoms with Crippen LogP contribution in [0.4, 0.5) is 5.69 Å². The number of nitrogens with zero attached hydrogens (tertiary/aromatic N) is 2. The summed E-state index contributed by atoms with van der Waals surface area (Å²) in [4.78, 5) is 28.2. The van der Waals surface area contributed by atoms with E-state index in [4.69, 9.17) is 0 Å². The Hall–Kier alpha value is -3.65. The van der Waals surface area contributed by atoms with Gasteiger partial charge in [0.05, 0.1) is 10.6 Å². The van der Waals surface area contributed by atoms with Crippen molar-refractivity contribution < 1.29 is 18.0 Å². The number of carbonyl (C=O) groups is 2. The Morgan fingerprint density at radius 3 is 2.00 bits per heavy atom. The smallest absolute Gasteiger partial charge is 0.264 e. The van der Waals surface area contributed by atoms with E-state index in [-0.39, 0.29) is 17.3 Å². The lowest BCUT2D eigenvalue weighted by atomic mass is 10.1. The minimum atomic E-state index is -4.08. The van der Waals surface area contributed by atoms with E-state index < -0.39 is 28.5 Å². The molecule has 3 rings (SSSR count). The predicted octanol–water partition coefficient (Wildman–Crippen LogP) is 4.36. The highest BCUT2D eigenvalue weighted by Crippen LogP contribution is 2.27. The molecule has 8 heteroatoms. The Labute approximate surface area is 220 Å². The molecule has 0 saturated carbocycles. The number of likely N-dealkylation sites (N-methyl/N-ethyl adjacent to an activating group) is 1. The molecule has 0 bridgehead atoms. The van der Waals surface area contributed by atoms with E-state index in [2.05, 4.69) is 5.32 Å². The van der Waals surface area contributed by atoms with Crippen LogP contribution in [0.2, 0.25) is 0 Å². The van der Waals surface area contributed by atoms with Gasteiger partial charge in [0.15, 0.2) is 0 Å². The number of amides is 2. The fraction of sp³-hybridized carbons (Fsp3) is 0.310. The third-order valence-electron chi connectivity index (χ3n) is 6.21.